The number of hydrogen-bond donors (Lipinski definition) is 3. The van der Waals surface area contributed by atoms with Gasteiger partial charge in [0.25, 0.3) is 0 Å². The van der Waals surface area contributed by atoms with Gasteiger partial charge >= 0.3 is 0 Å². The molecule has 1 unspecified atom stereocenters. The highest BCUT2D eigenvalue weighted by Crippen LogP contribution is 2.29. The molecule has 0 saturated heterocycles. The summed E-state index contributed by atoms with van der Waals surface area (Å²) in [5.74, 6) is 1.49. The number of ether oxygens (including phenoxy) is 1. The summed E-state index contributed by atoms with van der Waals surface area (Å²) < 4.78 is 5.35. The molecule has 19 heavy (non-hydrogen) atoms. The molecule has 0 aliphatic carbocycles. The number of aryl methyl sites for hydroxylation is 2. The Kier molecular flexibility index (Phi) is 3.87. The third kappa shape index (κ3) is 2.62. The largest absolute Gasteiger partial charge is 0.496 e. The van der Waals surface area contributed by atoms with Crippen molar-refractivity contribution in [3.8, 4) is 17.0 Å². The van der Waals surface area contributed by atoms with Gasteiger partial charge in [0.05, 0.1) is 31.6 Å². The summed E-state index contributed by atoms with van der Waals surface area (Å²) in [5.41, 5.74) is 9.78. The minimum absolute atomic E-state index is 0.131. The SMILES string of the molecule is COc1c(C)cc(-c2cnc(C(N)CO)[nH]2)cc1C. The van der Waals surface area contributed by atoms with Crippen LogP contribution in [-0.4, -0.2) is 28.8 Å². The van der Waals surface area contributed by atoms with E-state index >= 15 is 0 Å². The van der Waals surface area contributed by atoms with Gasteiger partial charge in [-0.1, -0.05) is 0 Å². The van der Waals surface area contributed by atoms with Crippen LogP contribution in [0.3, 0.4) is 0 Å². The first-order chi connectivity index (χ1) is 9.06. The van der Waals surface area contributed by atoms with Gasteiger partial charge < -0.3 is 20.6 Å². The summed E-state index contributed by atoms with van der Waals surface area (Å²) in [6.45, 7) is 3.88. The highest BCUT2D eigenvalue weighted by atomic mass is 16.5. The van der Waals surface area contributed by atoms with Crippen molar-refractivity contribution in [2.75, 3.05) is 13.7 Å². The molecular weight excluding hydrogens is 242 g/mol. The van der Waals surface area contributed by atoms with Crippen molar-refractivity contribution >= 4 is 0 Å². The molecule has 0 bridgehead atoms. The number of hydrogen-bond acceptors (Lipinski definition) is 4. The van der Waals surface area contributed by atoms with Crippen LogP contribution in [0.2, 0.25) is 0 Å². The number of imidazole rings is 1. The monoisotopic (exact) mass is 261 g/mol. The van der Waals surface area contributed by atoms with E-state index in [9.17, 15) is 0 Å². The Morgan fingerprint density at radius 2 is 2.00 bits per heavy atom. The van der Waals surface area contributed by atoms with Crippen LogP contribution in [0.4, 0.5) is 0 Å². The summed E-state index contributed by atoms with van der Waals surface area (Å²) in [6.07, 6.45) is 1.73. The van der Waals surface area contributed by atoms with Crippen LogP contribution in [0, 0.1) is 13.8 Å². The molecule has 0 spiro atoms. The van der Waals surface area contributed by atoms with Crippen molar-refractivity contribution in [3.63, 3.8) is 0 Å². The van der Waals surface area contributed by atoms with Crippen molar-refractivity contribution in [3.05, 3.63) is 35.3 Å². The predicted octanol–water partition coefficient (Wildman–Crippen LogP) is 1.69. The van der Waals surface area contributed by atoms with E-state index in [2.05, 4.69) is 9.97 Å². The second kappa shape index (κ2) is 5.42. The molecule has 1 aromatic carbocycles. The fraction of sp³-hybridized carbons (Fsp3) is 0.357. The standard InChI is InChI=1S/C14H19N3O2/c1-8-4-10(5-9(2)13(8)19-3)12-6-16-14(17-12)11(15)7-18/h4-6,11,18H,7,15H2,1-3H3,(H,16,17). The average molecular weight is 261 g/mol. The van der Waals surface area contributed by atoms with Gasteiger partial charge in [-0.15, -0.1) is 0 Å². The van der Waals surface area contributed by atoms with E-state index in [1.165, 1.54) is 0 Å². The molecule has 5 nitrogen and oxygen atoms in total. The van der Waals surface area contributed by atoms with Gasteiger partial charge in [0.15, 0.2) is 0 Å². The molecule has 5 heteroatoms. The summed E-state index contributed by atoms with van der Waals surface area (Å²) in [4.78, 5) is 7.33. The number of aliphatic hydroxyl groups is 1. The Morgan fingerprint density at radius 1 is 1.37 bits per heavy atom. The van der Waals surface area contributed by atoms with Gasteiger partial charge in [0.1, 0.15) is 11.6 Å². The zero-order valence-corrected chi connectivity index (χ0v) is 11.4. The van der Waals surface area contributed by atoms with E-state index in [1.54, 1.807) is 13.3 Å². The maximum Gasteiger partial charge on any atom is 0.125 e. The van der Waals surface area contributed by atoms with Gasteiger partial charge in [0, 0.05) is 5.56 Å². The number of methoxy groups -OCH3 is 1. The first-order valence-corrected chi connectivity index (χ1v) is 6.13. The molecule has 1 heterocycles. The first-order valence-electron chi connectivity index (χ1n) is 6.13. The smallest absolute Gasteiger partial charge is 0.125 e. The van der Waals surface area contributed by atoms with E-state index in [4.69, 9.17) is 15.6 Å². The van der Waals surface area contributed by atoms with E-state index in [1.807, 2.05) is 26.0 Å². The van der Waals surface area contributed by atoms with Crippen molar-refractivity contribution in [1.82, 2.24) is 9.97 Å². The molecule has 2 aromatic rings. The van der Waals surface area contributed by atoms with E-state index in [0.29, 0.717) is 5.82 Å². The number of aliphatic hydroxyl groups excluding tert-OH is 1. The van der Waals surface area contributed by atoms with Crippen LogP contribution in [0.15, 0.2) is 18.3 Å². The topological polar surface area (TPSA) is 84.2 Å². The zero-order chi connectivity index (χ0) is 14.0. The van der Waals surface area contributed by atoms with Crippen LogP contribution < -0.4 is 10.5 Å². The number of nitrogens with two attached hydrogens (primary N) is 1. The molecule has 102 valence electrons. The fourth-order valence-electron chi connectivity index (χ4n) is 2.19. The van der Waals surface area contributed by atoms with Crippen molar-refractivity contribution in [2.45, 2.75) is 19.9 Å². The molecule has 1 atom stereocenters. The molecular formula is C14H19N3O2. The fourth-order valence-corrected chi connectivity index (χ4v) is 2.19. The summed E-state index contributed by atoms with van der Waals surface area (Å²) in [5, 5.41) is 9.02. The van der Waals surface area contributed by atoms with Crippen LogP contribution in [0.5, 0.6) is 5.75 Å². The van der Waals surface area contributed by atoms with Crippen LogP contribution in [0.1, 0.15) is 23.0 Å². The Balaban J connectivity index is 2.39. The van der Waals surface area contributed by atoms with Crippen LogP contribution >= 0.6 is 0 Å². The molecule has 0 fully saturated rings. The van der Waals surface area contributed by atoms with E-state index < -0.39 is 6.04 Å². The van der Waals surface area contributed by atoms with Gasteiger partial charge in [0.2, 0.25) is 0 Å². The van der Waals surface area contributed by atoms with Gasteiger partial charge in [-0.05, 0) is 37.1 Å². The highest BCUT2D eigenvalue weighted by Gasteiger charge is 2.12. The Labute approximate surface area is 112 Å². The first kappa shape index (κ1) is 13.6. The second-order valence-corrected chi connectivity index (χ2v) is 4.61. The number of aromatic nitrogens is 2. The lowest BCUT2D eigenvalue weighted by Crippen LogP contribution is -2.15. The summed E-state index contributed by atoms with van der Waals surface area (Å²) in [7, 11) is 1.67. The van der Waals surface area contributed by atoms with Crippen molar-refractivity contribution in [2.24, 2.45) is 5.73 Å². The lowest BCUT2D eigenvalue weighted by atomic mass is 10.0. The Bertz CT molecular complexity index is 555. The van der Waals surface area contributed by atoms with Crippen LogP contribution in [-0.2, 0) is 0 Å². The molecule has 0 aliphatic rings. The zero-order valence-electron chi connectivity index (χ0n) is 11.4. The van der Waals surface area contributed by atoms with Crippen molar-refractivity contribution < 1.29 is 9.84 Å². The third-order valence-electron chi connectivity index (χ3n) is 3.12. The van der Waals surface area contributed by atoms with E-state index in [-0.39, 0.29) is 6.61 Å². The Morgan fingerprint density at radius 3 is 2.53 bits per heavy atom. The van der Waals surface area contributed by atoms with Crippen molar-refractivity contribution in [1.29, 1.82) is 0 Å². The molecule has 1 aromatic heterocycles. The molecule has 0 amide bonds. The quantitative estimate of drug-likeness (QED) is 0.782. The van der Waals surface area contributed by atoms with Gasteiger partial charge in [-0.25, -0.2) is 4.98 Å². The van der Waals surface area contributed by atoms with E-state index in [0.717, 1.165) is 28.1 Å². The summed E-state index contributed by atoms with van der Waals surface area (Å²) >= 11 is 0. The number of nitrogens with zero attached hydrogens (tertiary/aromatic N) is 1. The molecule has 0 radical (unpaired) electrons. The molecule has 0 saturated carbocycles. The number of aromatic amines is 1. The highest BCUT2D eigenvalue weighted by molar-refractivity contribution is 5.63. The van der Waals surface area contributed by atoms with Crippen LogP contribution in [0.25, 0.3) is 11.3 Å². The number of H-pyrrole nitrogens is 1. The summed E-state index contributed by atoms with van der Waals surface area (Å²) in [6, 6.07) is 3.59. The van der Waals surface area contributed by atoms with Gasteiger partial charge in [-0.2, -0.15) is 0 Å². The number of benzene rings is 1. The number of nitrogens with one attached hydrogen (secondary N) is 1. The molecule has 0 aliphatic heterocycles. The average Bonchev–Trinajstić information content (AvgIpc) is 2.87. The molecule has 2 rings (SSSR count). The number of rotatable bonds is 4. The van der Waals surface area contributed by atoms with Gasteiger partial charge in [-0.3, -0.25) is 0 Å². The normalized spacial score (nSPS) is 12.5. The predicted molar refractivity (Wildman–Crippen MR) is 74.1 cm³/mol. The lowest BCUT2D eigenvalue weighted by Gasteiger charge is -2.10. The minimum atomic E-state index is -0.478. The second-order valence-electron chi connectivity index (χ2n) is 4.61. The molecule has 4 N–H and O–H groups in total. The Hall–Kier alpha value is -1.85. The maximum atomic E-state index is 9.02. The minimum Gasteiger partial charge on any atom is -0.496 e. The maximum absolute atomic E-state index is 9.02. The lowest BCUT2D eigenvalue weighted by molar-refractivity contribution is 0.264. The third-order valence-corrected chi connectivity index (χ3v) is 3.12.